The summed E-state index contributed by atoms with van der Waals surface area (Å²) in [4.78, 5) is 6.77. The maximum absolute atomic E-state index is 4.08. The molecule has 0 spiro atoms. The molecular formula is C15H23N3. The van der Waals surface area contributed by atoms with Gasteiger partial charge in [0.2, 0.25) is 0 Å². The molecule has 18 heavy (non-hydrogen) atoms. The molecule has 1 aliphatic carbocycles. The minimum atomic E-state index is 0.421. The second-order valence-electron chi connectivity index (χ2n) is 5.88. The van der Waals surface area contributed by atoms with Crippen LogP contribution in [-0.4, -0.2) is 34.6 Å². The molecule has 0 radical (unpaired) electrons. The first-order valence-electron chi connectivity index (χ1n) is 7.16. The number of hydrogen-bond donors (Lipinski definition) is 1. The van der Waals surface area contributed by atoms with Crippen LogP contribution < -0.4 is 5.32 Å². The van der Waals surface area contributed by atoms with E-state index >= 15 is 0 Å². The van der Waals surface area contributed by atoms with Crippen LogP contribution in [0.1, 0.15) is 44.7 Å². The number of nitrogens with zero attached hydrogens (tertiary/aromatic N) is 2. The van der Waals surface area contributed by atoms with Crippen molar-refractivity contribution in [3.8, 4) is 0 Å². The van der Waals surface area contributed by atoms with Gasteiger partial charge < -0.3 is 5.32 Å². The summed E-state index contributed by atoms with van der Waals surface area (Å²) < 4.78 is 0. The highest BCUT2D eigenvalue weighted by Crippen LogP contribution is 2.33. The molecule has 1 N–H and O–H groups in total. The Hall–Kier alpha value is -0.930. The van der Waals surface area contributed by atoms with Gasteiger partial charge >= 0.3 is 0 Å². The van der Waals surface area contributed by atoms with Gasteiger partial charge in [-0.25, -0.2) is 0 Å². The van der Waals surface area contributed by atoms with Gasteiger partial charge in [0.15, 0.2) is 0 Å². The van der Waals surface area contributed by atoms with E-state index in [2.05, 4.69) is 41.2 Å². The van der Waals surface area contributed by atoms with Crippen molar-refractivity contribution < 1.29 is 0 Å². The summed E-state index contributed by atoms with van der Waals surface area (Å²) in [5.74, 6) is 0. The van der Waals surface area contributed by atoms with Gasteiger partial charge in [-0.15, -0.1) is 0 Å². The highest BCUT2D eigenvalue weighted by molar-refractivity contribution is 5.14. The molecule has 3 nitrogen and oxygen atoms in total. The van der Waals surface area contributed by atoms with Gasteiger partial charge in [-0.1, -0.05) is 0 Å². The molecule has 3 atom stereocenters. The number of rotatable bonds is 4. The molecular weight excluding hydrogens is 222 g/mol. The average molecular weight is 245 g/mol. The lowest BCUT2D eigenvalue weighted by molar-refractivity contribution is 0.254. The second kappa shape index (κ2) is 4.98. The smallest absolute Gasteiger partial charge is 0.0296 e. The summed E-state index contributed by atoms with van der Waals surface area (Å²) in [5.41, 5.74) is 1.34. The summed E-state index contributed by atoms with van der Waals surface area (Å²) in [6.45, 7) is 5.85. The predicted octanol–water partition coefficient (Wildman–Crippen LogP) is 2.36. The van der Waals surface area contributed by atoms with Gasteiger partial charge in [0.25, 0.3) is 0 Å². The first kappa shape index (κ1) is 12.1. The van der Waals surface area contributed by atoms with E-state index in [1.54, 1.807) is 0 Å². The fourth-order valence-corrected chi connectivity index (χ4v) is 3.19. The van der Waals surface area contributed by atoms with Crippen molar-refractivity contribution in [2.75, 3.05) is 6.54 Å². The molecule has 3 rings (SSSR count). The standard InChI is InChI=1S/C15H23N3/c1-11-9-14(10-18(11)15-3-4-15)17-12(2)13-5-7-16-8-6-13/h5-8,11-12,14-15,17H,3-4,9-10H2,1-2H3/t11?,12-,14?/m1/s1. The Morgan fingerprint density at radius 1 is 1.33 bits per heavy atom. The summed E-state index contributed by atoms with van der Waals surface area (Å²) in [6.07, 6.45) is 7.86. The fraction of sp³-hybridized carbons (Fsp3) is 0.667. The van der Waals surface area contributed by atoms with Crippen molar-refractivity contribution >= 4 is 0 Å². The maximum atomic E-state index is 4.08. The lowest BCUT2D eigenvalue weighted by atomic mass is 10.1. The molecule has 0 aromatic carbocycles. The van der Waals surface area contributed by atoms with Crippen LogP contribution in [0.4, 0.5) is 0 Å². The molecule has 0 bridgehead atoms. The third kappa shape index (κ3) is 2.57. The molecule has 3 heteroatoms. The van der Waals surface area contributed by atoms with Crippen LogP contribution in [0.25, 0.3) is 0 Å². The first-order chi connectivity index (χ1) is 8.74. The average Bonchev–Trinajstić information content (AvgIpc) is 3.15. The maximum Gasteiger partial charge on any atom is 0.0296 e. The summed E-state index contributed by atoms with van der Waals surface area (Å²) in [5, 5.41) is 3.77. The highest BCUT2D eigenvalue weighted by atomic mass is 15.3. The van der Waals surface area contributed by atoms with E-state index in [0.717, 1.165) is 12.1 Å². The van der Waals surface area contributed by atoms with Gasteiger partial charge in [0, 0.05) is 43.1 Å². The first-order valence-corrected chi connectivity index (χ1v) is 7.16. The zero-order valence-corrected chi connectivity index (χ0v) is 11.3. The molecule has 2 aliphatic rings. The normalized spacial score (nSPS) is 30.6. The molecule has 2 fully saturated rings. The van der Waals surface area contributed by atoms with Crippen LogP contribution in [-0.2, 0) is 0 Å². The van der Waals surface area contributed by atoms with Gasteiger partial charge in [-0.2, -0.15) is 0 Å². The van der Waals surface area contributed by atoms with Crippen molar-refractivity contribution in [2.45, 2.75) is 57.3 Å². The molecule has 98 valence electrons. The Morgan fingerprint density at radius 2 is 2.06 bits per heavy atom. The Labute approximate surface area is 110 Å². The highest BCUT2D eigenvalue weighted by Gasteiger charge is 2.38. The number of likely N-dealkylation sites (tertiary alicyclic amines) is 1. The van der Waals surface area contributed by atoms with Crippen LogP contribution in [0.3, 0.4) is 0 Å². The van der Waals surface area contributed by atoms with E-state index in [4.69, 9.17) is 0 Å². The Balaban J connectivity index is 1.57. The lowest BCUT2D eigenvalue weighted by Gasteiger charge is -2.21. The Bertz CT molecular complexity index is 388. The second-order valence-corrected chi connectivity index (χ2v) is 5.88. The van der Waals surface area contributed by atoms with E-state index in [1.165, 1.54) is 31.4 Å². The molecule has 1 aliphatic heterocycles. The quantitative estimate of drug-likeness (QED) is 0.882. The van der Waals surface area contributed by atoms with Gasteiger partial charge in [0.1, 0.15) is 0 Å². The van der Waals surface area contributed by atoms with Crippen molar-refractivity contribution in [2.24, 2.45) is 0 Å². The third-order valence-electron chi connectivity index (χ3n) is 4.33. The van der Waals surface area contributed by atoms with Crippen LogP contribution in [0, 0.1) is 0 Å². The molecule has 0 amide bonds. The van der Waals surface area contributed by atoms with Gasteiger partial charge in [0.05, 0.1) is 0 Å². The molecule has 1 saturated heterocycles. The molecule has 1 saturated carbocycles. The van der Waals surface area contributed by atoms with Crippen LogP contribution >= 0.6 is 0 Å². The predicted molar refractivity (Wildman–Crippen MR) is 73.4 cm³/mol. The number of nitrogens with one attached hydrogen (secondary N) is 1. The van der Waals surface area contributed by atoms with Crippen molar-refractivity contribution in [1.29, 1.82) is 0 Å². The Morgan fingerprint density at radius 3 is 2.72 bits per heavy atom. The summed E-state index contributed by atoms with van der Waals surface area (Å²) in [7, 11) is 0. The topological polar surface area (TPSA) is 28.2 Å². The molecule has 2 heterocycles. The fourth-order valence-electron chi connectivity index (χ4n) is 3.19. The van der Waals surface area contributed by atoms with E-state index in [1.807, 2.05) is 12.4 Å². The van der Waals surface area contributed by atoms with Gasteiger partial charge in [-0.3, -0.25) is 9.88 Å². The summed E-state index contributed by atoms with van der Waals surface area (Å²) >= 11 is 0. The number of aromatic nitrogens is 1. The molecule has 2 unspecified atom stereocenters. The summed E-state index contributed by atoms with van der Waals surface area (Å²) in [6, 6.07) is 6.92. The zero-order valence-electron chi connectivity index (χ0n) is 11.3. The monoisotopic (exact) mass is 245 g/mol. The largest absolute Gasteiger partial charge is 0.306 e. The zero-order chi connectivity index (χ0) is 12.5. The number of pyridine rings is 1. The minimum Gasteiger partial charge on any atom is -0.306 e. The number of hydrogen-bond acceptors (Lipinski definition) is 3. The van der Waals surface area contributed by atoms with Crippen LogP contribution in [0.15, 0.2) is 24.5 Å². The molecule has 1 aromatic rings. The van der Waals surface area contributed by atoms with Crippen LogP contribution in [0.2, 0.25) is 0 Å². The molecule has 1 aromatic heterocycles. The Kier molecular flexibility index (Phi) is 3.35. The van der Waals surface area contributed by atoms with E-state index in [9.17, 15) is 0 Å². The van der Waals surface area contributed by atoms with Gasteiger partial charge in [-0.05, 0) is 50.8 Å². The van der Waals surface area contributed by atoms with Crippen molar-refractivity contribution in [3.63, 3.8) is 0 Å². The van der Waals surface area contributed by atoms with E-state index in [-0.39, 0.29) is 0 Å². The van der Waals surface area contributed by atoms with Crippen molar-refractivity contribution in [3.05, 3.63) is 30.1 Å². The minimum absolute atomic E-state index is 0.421. The lowest BCUT2D eigenvalue weighted by Crippen LogP contribution is -2.35. The third-order valence-corrected chi connectivity index (χ3v) is 4.33. The van der Waals surface area contributed by atoms with E-state index in [0.29, 0.717) is 12.1 Å². The van der Waals surface area contributed by atoms with E-state index < -0.39 is 0 Å². The van der Waals surface area contributed by atoms with Crippen LogP contribution in [0.5, 0.6) is 0 Å². The SMILES string of the molecule is CC1CC(N[C@H](C)c2ccncc2)CN1C1CC1. The van der Waals surface area contributed by atoms with Crippen molar-refractivity contribution in [1.82, 2.24) is 15.2 Å².